The van der Waals surface area contributed by atoms with Gasteiger partial charge < -0.3 is 14.5 Å². The van der Waals surface area contributed by atoms with E-state index in [-0.39, 0.29) is 18.1 Å². The summed E-state index contributed by atoms with van der Waals surface area (Å²) in [4.78, 5) is 23.1. The molecule has 5 heteroatoms. The van der Waals surface area contributed by atoms with Crippen LogP contribution in [0.4, 0.5) is 0 Å². The van der Waals surface area contributed by atoms with Crippen molar-refractivity contribution in [3.63, 3.8) is 0 Å². The molecular weight excluding hydrogens is 282 g/mol. The topological polar surface area (TPSA) is 68.5 Å². The molecule has 1 aromatic carbocycles. The van der Waals surface area contributed by atoms with E-state index in [1.165, 1.54) is 6.07 Å². The largest absolute Gasteiger partial charge is 0.484 e. The third kappa shape index (κ3) is 4.10. The van der Waals surface area contributed by atoms with Gasteiger partial charge >= 0.3 is 5.63 Å². The van der Waals surface area contributed by atoms with Gasteiger partial charge in [-0.15, -0.1) is 0 Å². The zero-order valence-electron chi connectivity index (χ0n) is 13.1. The van der Waals surface area contributed by atoms with Crippen molar-refractivity contribution in [2.45, 2.75) is 27.2 Å². The third-order valence-corrected chi connectivity index (χ3v) is 3.26. The van der Waals surface area contributed by atoms with E-state index < -0.39 is 0 Å². The lowest BCUT2D eigenvalue weighted by atomic mass is 10.1. The monoisotopic (exact) mass is 303 g/mol. The molecule has 22 heavy (non-hydrogen) atoms. The van der Waals surface area contributed by atoms with Crippen molar-refractivity contribution in [2.24, 2.45) is 5.92 Å². The smallest absolute Gasteiger partial charge is 0.336 e. The Morgan fingerprint density at radius 1 is 1.32 bits per heavy atom. The summed E-state index contributed by atoms with van der Waals surface area (Å²) in [5.74, 6) is 0.729. The van der Waals surface area contributed by atoms with Gasteiger partial charge in [0.25, 0.3) is 5.91 Å². The van der Waals surface area contributed by atoms with Crippen molar-refractivity contribution in [3.8, 4) is 5.75 Å². The first-order valence-corrected chi connectivity index (χ1v) is 7.46. The minimum atomic E-state index is -0.379. The van der Waals surface area contributed by atoms with Crippen LogP contribution in [0.3, 0.4) is 0 Å². The Labute approximate surface area is 129 Å². The summed E-state index contributed by atoms with van der Waals surface area (Å²) in [6.45, 7) is 6.60. The first-order chi connectivity index (χ1) is 10.5. The van der Waals surface area contributed by atoms with Crippen LogP contribution in [0.15, 0.2) is 33.5 Å². The normalized spacial score (nSPS) is 10.9. The zero-order valence-corrected chi connectivity index (χ0v) is 13.1. The standard InChI is InChI=1S/C17H21NO4/c1-4-12-7-17(20)22-15-8-13(5-6-14(12)15)21-10-16(19)18-9-11(2)3/h5-8,11H,4,9-10H2,1-3H3,(H,18,19). The van der Waals surface area contributed by atoms with Crippen LogP contribution in [-0.4, -0.2) is 19.1 Å². The highest BCUT2D eigenvalue weighted by Crippen LogP contribution is 2.22. The van der Waals surface area contributed by atoms with E-state index in [0.717, 1.165) is 17.4 Å². The van der Waals surface area contributed by atoms with Crippen LogP contribution in [0.5, 0.6) is 5.75 Å². The molecule has 5 nitrogen and oxygen atoms in total. The average molecular weight is 303 g/mol. The van der Waals surface area contributed by atoms with Gasteiger partial charge in [-0.1, -0.05) is 20.8 Å². The molecule has 0 saturated heterocycles. The number of fused-ring (bicyclic) bond motifs is 1. The van der Waals surface area contributed by atoms with E-state index in [2.05, 4.69) is 5.32 Å². The second-order valence-electron chi connectivity index (χ2n) is 5.59. The molecule has 118 valence electrons. The Kier molecular flexibility index (Phi) is 5.20. The highest BCUT2D eigenvalue weighted by atomic mass is 16.5. The van der Waals surface area contributed by atoms with Crippen LogP contribution < -0.4 is 15.7 Å². The summed E-state index contributed by atoms with van der Waals surface area (Å²) in [5, 5.41) is 3.67. The Morgan fingerprint density at radius 3 is 2.77 bits per heavy atom. The number of nitrogens with one attached hydrogen (secondary N) is 1. The number of carbonyl (C=O) groups is 1. The predicted molar refractivity (Wildman–Crippen MR) is 85.2 cm³/mol. The lowest BCUT2D eigenvalue weighted by molar-refractivity contribution is -0.123. The number of benzene rings is 1. The molecule has 0 radical (unpaired) electrons. The number of hydrogen-bond acceptors (Lipinski definition) is 4. The molecule has 0 atom stereocenters. The Hall–Kier alpha value is -2.30. The van der Waals surface area contributed by atoms with Gasteiger partial charge in [0.15, 0.2) is 6.61 Å². The summed E-state index contributed by atoms with van der Waals surface area (Å²) >= 11 is 0. The fourth-order valence-corrected chi connectivity index (χ4v) is 2.11. The molecule has 0 fully saturated rings. The van der Waals surface area contributed by atoms with E-state index in [1.807, 2.05) is 26.8 Å². The van der Waals surface area contributed by atoms with E-state index in [1.54, 1.807) is 12.1 Å². The van der Waals surface area contributed by atoms with Gasteiger partial charge in [0.2, 0.25) is 0 Å². The lowest BCUT2D eigenvalue weighted by Gasteiger charge is -2.10. The molecule has 2 aromatic rings. The molecular formula is C17H21NO4. The first kappa shape index (κ1) is 16.1. The fraction of sp³-hybridized carbons (Fsp3) is 0.412. The molecule has 0 aliphatic heterocycles. The van der Waals surface area contributed by atoms with Gasteiger partial charge in [0.1, 0.15) is 11.3 Å². The maximum Gasteiger partial charge on any atom is 0.336 e. The van der Waals surface area contributed by atoms with Crippen LogP contribution >= 0.6 is 0 Å². The highest BCUT2D eigenvalue weighted by Gasteiger charge is 2.08. The second kappa shape index (κ2) is 7.11. The minimum Gasteiger partial charge on any atom is -0.484 e. The molecule has 2 rings (SSSR count). The van der Waals surface area contributed by atoms with E-state index >= 15 is 0 Å². The van der Waals surface area contributed by atoms with Crippen LogP contribution in [0.1, 0.15) is 26.3 Å². The van der Waals surface area contributed by atoms with Crippen LogP contribution in [0.2, 0.25) is 0 Å². The molecule has 0 unspecified atom stereocenters. The van der Waals surface area contributed by atoms with Crippen molar-refractivity contribution in [1.82, 2.24) is 5.32 Å². The van der Waals surface area contributed by atoms with Gasteiger partial charge in [0.05, 0.1) is 0 Å². The fourth-order valence-electron chi connectivity index (χ4n) is 2.11. The summed E-state index contributed by atoms with van der Waals surface area (Å²) in [5.41, 5.74) is 1.04. The van der Waals surface area contributed by atoms with Crippen molar-refractivity contribution < 1.29 is 13.9 Å². The van der Waals surface area contributed by atoms with E-state index in [0.29, 0.717) is 23.8 Å². The van der Waals surface area contributed by atoms with Crippen molar-refractivity contribution in [3.05, 3.63) is 40.2 Å². The lowest BCUT2D eigenvalue weighted by Crippen LogP contribution is -2.31. The molecule has 1 N–H and O–H groups in total. The Bertz CT molecular complexity index is 718. The Morgan fingerprint density at radius 2 is 2.09 bits per heavy atom. The van der Waals surface area contributed by atoms with E-state index in [4.69, 9.17) is 9.15 Å². The number of hydrogen-bond donors (Lipinski definition) is 1. The molecule has 0 bridgehead atoms. The summed E-state index contributed by atoms with van der Waals surface area (Å²) in [6.07, 6.45) is 0.750. The van der Waals surface area contributed by atoms with Gasteiger partial charge in [-0.25, -0.2) is 4.79 Å². The maximum atomic E-state index is 11.6. The van der Waals surface area contributed by atoms with Gasteiger partial charge in [-0.3, -0.25) is 4.79 Å². The van der Waals surface area contributed by atoms with Crippen LogP contribution in [-0.2, 0) is 11.2 Å². The summed E-state index contributed by atoms with van der Waals surface area (Å²) in [7, 11) is 0. The van der Waals surface area contributed by atoms with E-state index in [9.17, 15) is 9.59 Å². The molecule has 0 saturated carbocycles. The SMILES string of the molecule is CCc1cc(=O)oc2cc(OCC(=O)NCC(C)C)ccc12. The van der Waals surface area contributed by atoms with Crippen molar-refractivity contribution >= 4 is 16.9 Å². The zero-order chi connectivity index (χ0) is 16.1. The predicted octanol–water partition coefficient (Wildman–Crippen LogP) is 2.51. The molecule has 1 amide bonds. The number of ether oxygens (including phenoxy) is 1. The number of carbonyl (C=O) groups excluding carboxylic acids is 1. The average Bonchev–Trinajstić information content (AvgIpc) is 2.49. The van der Waals surface area contributed by atoms with Crippen LogP contribution in [0, 0.1) is 5.92 Å². The van der Waals surface area contributed by atoms with Crippen LogP contribution in [0.25, 0.3) is 11.0 Å². The Balaban J connectivity index is 2.10. The number of amides is 1. The molecule has 1 aromatic heterocycles. The summed E-state index contributed by atoms with van der Waals surface area (Å²) < 4.78 is 10.6. The molecule has 0 aliphatic rings. The van der Waals surface area contributed by atoms with Gasteiger partial charge in [0, 0.05) is 24.1 Å². The maximum absolute atomic E-state index is 11.6. The first-order valence-electron chi connectivity index (χ1n) is 7.46. The van der Waals surface area contributed by atoms with Crippen molar-refractivity contribution in [2.75, 3.05) is 13.2 Å². The number of aryl methyl sites for hydroxylation is 1. The number of rotatable bonds is 6. The van der Waals surface area contributed by atoms with Gasteiger partial charge in [-0.05, 0) is 30.0 Å². The minimum absolute atomic E-state index is 0.0596. The highest BCUT2D eigenvalue weighted by molar-refractivity contribution is 5.82. The van der Waals surface area contributed by atoms with Crippen molar-refractivity contribution in [1.29, 1.82) is 0 Å². The summed E-state index contributed by atoms with van der Waals surface area (Å²) in [6, 6.07) is 6.77. The molecule has 1 heterocycles. The third-order valence-electron chi connectivity index (χ3n) is 3.26. The molecule has 0 aliphatic carbocycles. The second-order valence-corrected chi connectivity index (χ2v) is 5.59. The quantitative estimate of drug-likeness (QED) is 0.833. The molecule has 0 spiro atoms. The van der Waals surface area contributed by atoms with Gasteiger partial charge in [-0.2, -0.15) is 0 Å².